The van der Waals surface area contributed by atoms with Crippen LogP contribution in [0.25, 0.3) is 0 Å². The summed E-state index contributed by atoms with van der Waals surface area (Å²) in [6.45, 7) is 0. The van der Waals surface area contributed by atoms with Crippen molar-refractivity contribution in [2.45, 2.75) is 18.8 Å². The van der Waals surface area contributed by atoms with E-state index in [0.717, 1.165) is 11.3 Å². The molecule has 0 amide bonds. The highest BCUT2D eigenvalue weighted by atomic mass is 19.1. The molecule has 132 valence electrons. The normalized spacial score (nSPS) is 11.7. The first-order valence-electron chi connectivity index (χ1n) is 8.40. The van der Waals surface area contributed by atoms with Gasteiger partial charge in [0, 0.05) is 0 Å². The highest BCUT2D eigenvalue weighted by Crippen LogP contribution is 2.28. The Morgan fingerprint density at radius 1 is 0.885 bits per heavy atom. The Hall–Kier alpha value is -3.14. The number of aliphatic carboxylic acids is 1. The van der Waals surface area contributed by atoms with E-state index >= 15 is 0 Å². The fraction of sp³-hybridized carbons (Fsp3) is 0.136. The van der Waals surface area contributed by atoms with E-state index in [0.29, 0.717) is 17.7 Å². The molecule has 1 atom stereocenters. The monoisotopic (exact) mass is 350 g/mol. The third-order valence-electron chi connectivity index (χ3n) is 4.18. The van der Waals surface area contributed by atoms with Crippen molar-refractivity contribution in [2.75, 3.05) is 0 Å². The molecule has 0 aromatic heterocycles. The first kappa shape index (κ1) is 17.7. The van der Waals surface area contributed by atoms with Crippen LogP contribution in [-0.4, -0.2) is 11.1 Å². The quantitative estimate of drug-likeness (QED) is 0.619. The first-order chi connectivity index (χ1) is 12.6. The summed E-state index contributed by atoms with van der Waals surface area (Å²) in [5.41, 5.74) is 1.36. The SMILES string of the molecule is O=C(O)CC(Cc1ccccc1F)c1ccc(Oc2ccccc2)cc1. The van der Waals surface area contributed by atoms with Crippen molar-refractivity contribution in [3.63, 3.8) is 0 Å². The molecule has 0 aliphatic rings. The molecule has 3 aromatic carbocycles. The van der Waals surface area contributed by atoms with Crippen LogP contribution in [0.2, 0.25) is 0 Å². The lowest BCUT2D eigenvalue weighted by Crippen LogP contribution is -2.10. The minimum Gasteiger partial charge on any atom is -0.481 e. The molecule has 0 aliphatic carbocycles. The van der Waals surface area contributed by atoms with Gasteiger partial charge in [-0.15, -0.1) is 0 Å². The number of ether oxygens (including phenoxy) is 1. The van der Waals surface area contributed by atoms with Crippen LogP contribution in [0.5, 0.6) is 11.5 Å². The minimum atomic E-state index is -0.907. The van der Waals surface area contributed by atoms with Gasteiger partial charge in [0.1, 0.15) is 17.3 Å². The van der Waals surface area contributed by atoms with E-state index in [1.807, 2.05) is 42.5 Å². The second-order valence-electron chi connectivity index (χ2n) is 6.07. The first-order valence-corrected chi connectivity index (χ1v) is 8.40. The number of hydrogen-bond acceptors (Lipinski definition) is 2. The van der Waals surface area contributed by atoms with Crippen LogP contribution in [0, 0.1) is 5.82 Å². The second kappa shape index (κ2) is 8.30. The van der Waals surface area contributed by atoms with Crippen LogP contribution in [0.3, 0.4) is 0 Å². The lowest BCUT2D eigenvalue weighted by Gasteiger charge is -2.16. The zero-order chi connectivity index (χ0) is 18.4. The van der Waals surface area contributed by atoms with Gasteiger partial charge in [0.05, 0.1) is 6.42 Å². The van der Waals surface area contributed by atoms with Crippen LogP contribution in [0.4, 0.5) is 4.39 Å². The topological polar surface area (TPSA) is 46.5 Å². The molecule has 3 aromatic rings. The fourth-order valence-electron chi connectivity index (χ4n) is 2.88. The van der Waals surface area contributed by atoms with E-state index in [4.69, 9.17) is 4.74 Å². The molecular weight excluding hydrogens is 331 g/mol. The lowest BCUT2D eigenvalue weighted by atomic mass is 9.89. The summed E-state index contributed by atoms with van der Waals surface area (Å²) in [5.74, 6) is -0.133. The van der Waals surface area contributed by atoms with E-state index in [9.17, 15) is 14.3 Å². The van der Waals surface area contributed by atoms with E-state index in [1.54, 1.807) is 30.3 Å². The van der Waals surface area contributed by atoms with Crippen LogP contribution < -0.4 is 4.74 Å². The molecule has 3 nitrogen and oxygen atoms in total. The summed E-state index contributed by atoms with van der Waals surface area (Å²) in [6, 6.07) is 23.2. The molecular formula is C22H19FO3. The summed E-state index contributed by atoms with van der Waals surface area (Å²) in [4.78, 5) is 11.2. The standard InChI is InChI=1S/C22H19FO3/c23-21-9-5-4-6-17(21)14-18(15-22(24)25)16-10-12-20(13-11-16)26-19-7-2-1-3-8-19/h1-13,18H,14-15H2,(H,24,25). The Balaban J connectivity index is 1.78. The maximum atomic E-state index is 13.9. The van der Waals surface area contributed by atoms with E-state index in [-0.39, 0.29) is 18.2 Å². The molecule has 26 heavy (non-hydrogen) atoms. The van der Waals surface area contributed by atoms with Crippen molar-refractivity contribution >= 4 is 5.97 Å². The van der Waals surface area contributed by atoms with Crippen LogP contribution >= 0.6 is 0 Å². The number of carbonyl (C=O) groups is 1. The van der Waals surface area contributed by atoms with Crippen molar-refractivity contribution in [2.24, 2.45) is 0 Å². The predicted octanol–water partition coefficient (Wildman–Crippen LogP) is 5.42. The molecule has 1 N–H and O–H groups in total. The van der Waals surface area contributed by atoms with Gasteiger partial charge in [-0.25, -0.2) is 4.39 Å². The minimum absolute atomic E-state index is 0.0623. The van der Waals surface area contributed by atoms with Gasteiger partial charge < -0.3 is 9.84 Å². The van der Waals surface area contributed by atoms with Gasteiger partial charge in [-0.05, 0) is 53.8 Å². The largest absolute Gasteiger partial charge is 0.481 e. The maximum absolute atomic E-state index is 13.9. The van der Waals surface area contributed by atoms with Gasteiger partial charge in [0.25, 0.3) is 0 Å². The number of carboxylic acid groups (broad SMARTS) is 1. The Labute approximate surface area is 151 Å². The molecule has 0 saturated heterocycles. The van der Waals surface area contributed by atoms with E-state index < -0.39 is 5.97 Å². The molecule has 3 rings (SSSR count). The van der Waals surface area contributed by atoms with Crippen molar-refractivity contribution in [1.82, 2.24) is 0 Å². The van der Waals surface area contributed by atoms with Gasteiger partial charge >= 0.3 is 5.97 Å². The van der Waals surface area contributed by atoms with E-state index in [1.165, 1.54) is 6.07 Å². The van der Waals surface area contributed by atoms with E-state index in [2.05, 4.69) is 0 Å². The van der Waals surface area contributed by atoms with Crippen LogP contribution in [0.15, 0.2) is 78.9 Å². The zero-order valence-electron chi connectivity index (χ0n) is 14.1. The summed E-state index contributed by atoms with van der Waals surface area (Å²) in [5, 5.41) is 9.22. The van der Waals surface area contributed by atoms with Gasteiger partial charge in [0.15, 0.2) is 0 Å². The summed E-state index contributed by atoms with van der Waals surface area (Å²) < 4.78 is 19.7. The molecule has 0 saturated carbocycles. The third-order valence-corrected chi connectivity index (χ3v) is 4.18. The Bertz CT molecular complexity index is 860. The molecule has 0 aliphatic heterocycles. The lowest BCUT2D eigenvalue weighted by molar-refractivity contribution is -0.137. The van der Waals surface area contributed by atoms with Crippen LogP contribution in [-0.2, 0) is 11.2 Å². The second-order valence-corrected chi connectivity index (χ2v) is 6.07. The molecule has 1 unspecified atom stereocenters. The van der Waals surface area contributed by atoms with Gasteiger partial charge in [-0.3, -0.25) is 4.79 Å². The van der Waals surface area contributed by atoms with Crippen molar-refractivity contribution in [1.29, 1.82) is 0 Å². The van der Waals surface area contributed by atoms with Gasteiger partial charge in [-0.1, -0.05) is 48.5 Å². The average molecular weight is 350 g/mol. The van der Waals surface area contributed by atoms with Crippen molar-refractivity contribution in [3.05, 3.63) is 95.8 Å². The maximum Gasteiger partial charge on any atom is 0.303 e. The molecule has 0 fully saturated rings. The highest BCUT2D eigenvalue weighted by molar-refractivity contribution is 5.68. The smallest absolute Gasteiger partial charge is 0.303 e. The summed E-state index contributed by atoms with van der Waals surface area (Å²) >= 11 is 0. The van der Waals surface area contributed by atoms with Crippen LogP contribution in [0.1, 0.15) is 23.5 Å². The number of benzene rings is 3. The Morgan fingerprint density at radius 2 is 1.50 bits per heavy atom. The summed E-state index contributed by atoms with van der Waals surface area (Å²) in [7, 11) is 0. The number of para-hydroxylation sites is 1. The highest BCUT2D eigenvalue weighted by Gasteiger charge is 2.18. The Morgan fingerprint density at radius 3 is 2.15 bits per heavy atom. The fourth-order valence-corrected chi connectivity index (χ4v) is 2.88. The average Bonchev–Trinajstić information content (AvgIpc) is 2.64. The van der Waals surface area contributed by atoms with Gasteiger partial charge in [-0.2, -0.15) is 0 Å². The number of rotatable bonds is 7. The summed E-state index contributed by atoms with van der Waals surface area (Å²) in [6.07, 6.45) is 0.269. The predicted molar refractivity (Wildman–Crippen MR) is 98.1 cm³/mol. The van der Waals surface area contributed by atoms with Crippen molar-refractivity contribution in [3.8, 4) is 11.5 Å². The Kier molecular flexibility index (Phi) is 5.64. The molecule has 4 heteroatoms. The van der Waals surface area contributed by atoms with Crippen molar-refractivity contribution < 1.29 is 19.0 Å². The molecule has 0 radical (unpaired) electrons. The number of halogens is 1. The molecule has 0 heterocycles. The number of hydrogen-bond donors (Lipinski definition) is 1. The third kappa shape index (κ3) is 4.70. The van der Waals surface area contributed by atoms with Gasteiger partial charge in [0.2, 0.25) is 0 Å². The molecule has 0 bridgehead atoms. The number of carboxylic acids is 1. The molecule has 0 spiro atoms. The zero-order valence-corrected chi connectivity index (χ0v) is 14.1.